The van der Waals surface area contributed by atoms with Crippen LogP contribution >= 0.6 is 0 Å². The molecule has 3 unspecified atom stereocenters. The van der Waals surface area contributed by atoms with Gasteiger partial charge in [-0.1, -0.05) is 19.3 Å². The summed E-state index contributed by atoms with van der Waals surface area (Å²) in [5.41, 5.74) is 0. The van der Waals surface area contributed by atoms with Gasteiger partial charge in [-0.2, -0.15) is 0 Å². The van der Waals surface area contributed by atoms with E-state index < -0.39 is 0 Å². The predicted molar refractivity (Wildman–Crippen MR) is 71.1 cm³/mol. The van der Waals surface area contributed by atoms with Crippen molar-refractivity contribution in [2.45, 2.75) is 51.2 Å². The Labute approximate surface area is 106 Å². The minimum atomic E-state index is -0.0515. The molecule has 1 saturated carbocycles. The quantitative estimate of drug-likeness (QED) is 0.742. The van der Waals surface area contributed by atoms with Crippen LogP contribution in [0.25, 0.3) is 0 Å². The molecule has 3 atom stereocenters. The zero-order valence-electron chi connectivity index (χ0n) is 11.4. The van der Waals surface area contributed by atoms with Crippen LogP contribution in [0.3, 0.4) is 0 Å². The lowest BCUT2D eigenvalue weighted by molar-refractivity contribution is 0.0362. The van der Waals surface area contributed by atoms with Gasteiger partial charge in [-0.05, 0) is 32.7 Å². The summed E-state index contributed by atoms with van der Waals surface area (Å²) in [6, 6.07) is 0.643. The molecule has 100 valence electrons. The van der Waals surface area contributed by atoms with Crippen molar-refractivity contribution in [3.05, 3.63) is 0 Å². The van der Waals surface area contributed by atoms with Crippen molar-refractivity contribution in [3.63, 3.8) is 0 Å². The minimum Gasteiger partial charge on any atom is -0.393 e. The molecule has 0 spiro atoms. The molecule has 0 aromatic carbocycles. The van der Waals surface area contributed by atoms with E-state index >= 15 is 0 Å². The van der Waals surface area contributed by atoms with E-state index in [0.717, 1.165) is 13.0 Å². The molecule has 17 heavy (non-hydrogen) atoms. The van der Waals surface area contributed by atoms with Crippen molar-refractivity contribution in [3.8, 4) is 0 Å². The largest absolute Gasteiger partial charge is 0.393 e. The molecule has 2 aliphatic rings. The molecule has 1 heterocycles. The van der Waals surface area contributed by atoms with Crippen LogP contribution in [0, 0.1) is 5.92 Å². The monoisotopic (exact) mass is 240 g/mol. The first-order valence-corrected chi connectivity index (χ1v) is 7.27. The second-order valence-electron chi connectivity index (χ2n) is 6.07. The number of likely N-dealkylation sites (N-methyl/N-ethyl adjacent to an activating group) is 1. The Bertz CT molecular complexity index is 234. The number of hydrogen-bond acceptors (Lipinski definition) is 3. The Kier molecular flexibility index (Phi) is 4.83. The van der Waals surface area contributed by atoms with E-state index in [1.807, 2.05) is 0 Å². The first-order valence-electron chi connectivity index (χ1n) is 7.27. The predicted octanol–water partition coefficient (Wildman–Crippen LogP) is 1.56. The van der Waals surface area contributed by atoms with Crippen molar-refractivity contribution >= 4 is 0 Å². The molecule has 0 bridgehead atoms. The summed E-state index contributed by atoms with van der Waals surface area (Å²) in [5, 5.41) is 10.2. The molecule has 3 nitrogen and oxygen atoms in total. The van der Waals surface area contributed by atoms with E-state index in [1.54, 1.807) is 0 Å². The minimum absolute atomic E-state index is 0.0515. The number of rotatable bonds is 2. The Hall–Kier alpha value is -0.120. The summed E-state index contributed by atoms with van der Waals surface area (Å²) in [4.78, 5) is 4.99. The number of aliphatic hydroxyl groups is 1. The summed E-state index contributed by atoms with van der Waals surface area (Å²) in [6.45, 7) is 6.94. The zero-order chi connectivity index (χ0) is 12.3. The molecule has 0 aromatic rings. The molecule has 0 amide bonds. The van der Waals surface area contributed by atoms with Crippen LogP contribution in [-0.4, -0.2) is 60.3 Å². The third-order valence-corrected chi connectivity index (χ3v) is 4.56. The van der Waals surface area contributed by atoms with Gasteiger partial charge in [-0.25, -0.2) is 0 Å². The Morgan fingerprint density at radius 2 is 1.88 bits per heavy atom. The third kappa shape index (κ3) is 3.67. The first kappa shape index (κ1) is 13.3. The van der Waals surface area contributed by atoms with Gasteiger partial charge in [0.1, 0.15) is 0 Å². The molecule has 0 aromatic heterocycles. The average molecular weight is 240 g/mol. The van der Waals surface area contributed by atoms with E-state index in [-0.39, 0.29) is 6.10 Å². The molecule has 3 heteroatoms. The van der Waals surface area contributed by atoms with Crippen LogP contribution in [0.15, 0.2) is 0 Å². The maximum Gasteiger partial charge on any atom is 0.0580 e. The van der Waals surface area contributed by atoms with Gasteiger partial charge in [0.15, 0.2) is 0 Å². The fourth-order valence-electron chi connectivity index (χ4n) is 3.33. The van der Waals surface area contributed by atoms with Crippen molar-refractivity contribution in [1.29, 1.82) is 0 Å². The van der Waals surface area contributed by atoms with E-state index in [1.165, 1.54) is 45.3 Å². The smallest absolute Gasteiger partial charge is 0.0580 e. The van der Waals surface area contributed by atoms with Gasteiger partial charge >= 0.3 is 0 Å². The Balaban J connectivity index is 1.86. The lowest BCUT2D eigenvalue weighted by Crippen LogP contribution is -2.52. The van der Waals surface area contributed by atoms with Gasteiger partial charge in [-0.15, -0.1) is 0 Å². The highest BCUT2D eigenvalue weighted by atomic mass is 16.3. The maximum atomic E-state index is 10.2. The van der Waals surface area contributed by atoms with Crippen LogP contribution in [0.5, 0.6) is 0 Å². The van der Waals surface area contributed by atoms with E-state index in [9.17, 15) is 5.11 Å². The summed E-state index contributed by atoms with van der Waals surface area (Å²) in [5.74, 6) is 0.517. The summed E-state index contributed by atoms with van der Waals surface area (Å²) < 4.78 is 0. The van der Waals surface area contributed by atoms with Crippen molar-refractivity contribution in [1.82, 2.24) is 9.80 Å². The molecular formula is C14H28N2O. The average Bonchev–Trinajstić information content (AvgIpc) is 2.48. The third-order valence-electron chi connectivity index (χ3n) is 4.56. The molecule has 1 saturated heterocycles. The zero-order valence-corrected chi connectivity index (χ0v) is 11.4. The van der Waals surface area contributed by atoms with E-state index in [2.05, 4.69) is 23.8 Å². The summed E-state index contributed by atoms with van der Waals surface area (Å²) in [6.07, 6.45) is 6.03. The highest BCUT2D eigenvalue weighted by molar-refractivity contribution is 4.82. The number of hydrogen-bond donors (Lipinski definition) is 1. The molecule has 1 aliphatic carbocycles. The van der Waals surface area contributed by atoms with Crippen LogP contribution in [-0.2, 0) is 0 Å². The lowest BCUT2D eigenvalue weighted by atomic mass is 9.95. The highest BCUT2D eigenvalue weighted by Crippen LogP contribution is 2.25. The number of aliphatic hydroxyl groups excluding tert-OH is 1. The van der Waals surface area contributed by atoms with Crippen LogP contribution in [0.2, 0.25) is 0 Å². The first-order chi connectivity index (χ1) is 8.16. The second-order valence-corrected chi connectivity index (χ2v) is 6.07. The summed E-state index contributed by atoms with van der Waals surface area (Å²) >= 11 is 0. The maximum absolute atomic E-state index is 10.2. The fraction of sp³-hybridized carbons (Fsp3) is 1.00. The van der Waals surface area contributed by atoms with Crippen molar-refractivity contribution < 1.29 is 5.11 Å². The highest BCUT2D eigenvalue weighted by Gasteiger charge is 2.28. The van der Waals surface area contributed by atoms with Gasteiger partial charge in [0.05, 0.1) is 6.10 Å². The van der Waals surface area contributed by atoms with Gasteiger partial charge in [0.2, 0.25) is 0 Å². The normalized spacial score (nSPS) is 37.9. The van der Waals surface area contributed by atoms with Crippen molar-refractivity contribution in [2.75, 3.05) is 33.2 Å². The molecule has 2 fully saturated rings. The Morgan fingerprint density at radius 3 is 2.65 bits per heavy atom. The molecule has 2 rings (SSSR count). The topological polar surface area (TPSA) is 26.7 Å². The number of nitrogens with zero attached hydrogens (tertiary/aromatic N) is 2. The fourth-order valence-corrected chi connectivity index (χ4v) is 3.33. The SMILES string of the molecule is CC1CN(C)CCN1CC1CCCCCC1O. The van der Waals surface area contributed by atoms with Crippen molar-refractivity contribution in [2.24, 2.45) is 5.92 Å². The molecular weight excluding hydrogens is 212 g/mol. The van der Waals surface area contributed by atoms with Crippen LogP contribution < -0.4 is 0 Å². The number of piperazine rings is 1. The molecule has 1 aliphatic heterocycles. The van der Waals surface area contributed by atoms with Gasteiger partial charge < -0.3 is 10.0 Å². The summed E-state index contributed by atoms with van der Waals surface area (Å²) in [7, 11) is 2.20. The van der Waals surface area contributed by atoms with Gasteiger partial charge in [0, 0.05) is 32.2 Å². The van der Waals surface area contributed by atoms with Crippen LogP contribution in [0.1, 0.15) is 39.0 Å². The lowest BCUT2D eigenvalue weighted by Gasteiger charge is -2.40. The molecule has 0 radical (unpaired) electrons. The standard InChI is InChI=1S/C14H28N2O/c1-12-10-15(2)8-9-16(12)11-13-6-4-3-5-7-14(13)17/h12-14,17H,3-11H2,1-2H3. The Morgan fingerprint density at radius 1 is 1.12 bits per heavy atom. The van der Waals surface area contributed by atoms with Gasteiger partial charge in [0.25, 0.3) is 0 Å². The second kappa shape index (κ2) is 6.17. The van der Waals surface area contributed by atoms with Crippen LogP contribution in [0.4, 0.5) is 0 Å². The van der Waals surface area contributed by atoms with E-state index in [4.69, 9.17) is 0 Å². The molecule has 1 N–H and O–H groups in total. The van der Waals surface area contributed by atoms with Gasteiger partial charge in [-0.3, -0.25) is 4.90 Å². The van der Waals surface area contributed by atoms with E-state index in [0.29, 0.717) is 12.0 Å².